The van der Waals surface area contributed by atoms with E-state index >= 15 is 0 Å². The Hall–Kier alpha value is -0.120. The summed E-state index contributed by atoms with van der Waals surface area (Å²) in [5.74, 6) is 0. The summed E-state index contributed by atoms with van der Waals surface area (Å²) in [7, 11) is 0. The summed E-state index contributed by atoms with van der Waals surface area (Å²) in [6.45, 7) is 11.6. The van der Waals surface area contributed by atoms with Gasteiger partial charge >= 0.3 is 0 Å². The number of piperazine rings is 1. The van der Waals surface area contributed by atoms with Crippen molar-refractivity contribution in [1.82, 2.24) is 9.80 Å². The van der Waals surface area contributed by atoms with Gasteiger partial charge in [-0.1, -0.05) is 0 Å². The van der Waals surface area contributed by atoms with E-state index in [-0.39, 0.29) is 6.10 Å². The predicted molar refractivity (Wildman–Crippen MR) is 54.8 cm³/mol. The van der Waals surface area contributed by atoms with Crippen molar-refractivity contribution in [1.29, 1.82) is 0 Å². The molecule has 0 aromatic heterocycles. The van der Waals surface area contributed by atoms with Crippen LogP contribution < -0.4 is 0 Å². The van der Waals surface area contributed by atoms with Gasteiger partial charge in [0, 0.05) is 38.8 Å². The first kappa shape index (κ1) is 11.0. The topological polar surface area (TPSA) is 26.7 Å². The van der Waals surface area contributed by atoms with Crippen LogP contribution in [0.2, 0.25) is 0 Å². The molecule has 1 atom stereocenters. The summed E-state index contributed by atoms with van der Waals surface area (Å²) in [5, 5.41) is 9.22. The molecule has 0 radical (unpaired) electrons. The molecule has 0 spiro atoms. The van der Waals surface area contributed by atoms with Crippen LogP contribution in [0.1, 0.15) is 20.8 Å². The molecule has 78 valence electrons. The number of nitrogens with zero attached hydrogens (tertiary/aromatic N) is 2. The quantitative estimate of drug-likeness (QED) is 0.691. The van der Waals surface area contributed by atoms with E-state index in [1.165, 1.54) is 0 Å². The van der Waals surface area contributed by atoms with Gasteiger partial charge in [-0.05, 0) is 20.8 Å². The van der Waals surface area contributed by atoms with Gasteiger partial charge in [0.05, 0.1) is 6.10 Å². The van der Waals surface area contributed by atoms with Gasteiger partial charge in [0.2, 0.25) is 0 Å². The maximum atomic E-state index is 9.22. The van der Waals surface area contributed by atoms with E-state index < -0.39 is 0 Å². The second-order valence-electron chi connectivity index (χ2n) is 4.28. The van der Waals surface area contributed by atoms with E-state index in [0.717, 1.165) is 32.7 Å². The Balaban J connectivity index is 2.22. The number of aliphatic hydroxyl groups excluding tert-OH is 1. The van der Waals surface area contributed by atoms with Crippen LogP contribution in [-0.4, -0.2) is 59.8 Å². The van der Waals surface area contributed by atoms with Gasteiger partial charge in [-0.25, -0.2) is 0 Å². The minimum absolute atomic E-state index is 0.189. The largest absolute Gasteiger partial charge is 0.392 e. The lowest BCUT2D eigenvalue weighted by atomic mass is 10.2. The summed E-state index contributed by atoms with van der Waals surface area (Å²) in [4.78, 5) is 4.82. The van der Waals surface area contributed by atoms with Gasteiger partial charge in [0.25, 0.3) is 0 Å². The molecule has 1 saturated heterocycles. The molecule has 13 heavy (non-hydrogen) atoms. The minimum Gasteiger partial charge on any atom is -0.392 e. The van der Waals surface area contributed by atoms with Crippen molar-refractivity contribution in [2.24, 2.45) is 0 Å². The van der Waals surface area contributed by atoms with Crippen LogP contribution in [0, 0.1) is 0 Å². The van der Waals surface area contributed by atoms with Crippen LogP contribution in [0.15, 0.2) is 0 Å². The first-order valence-corrected chi connectivity index (χ1v) is 5.24. The van der Waals surface area contributed by atoms with Crippen molar-refractivity contribution in [3.05, 3.63) is 0 Å². The lowest BCUT2D eigenvalue weighted by Gasteiger charge is -2.37. The Morgan fingerprint density at radius 3 is 2.00 bits per heavy atom. The maximum absolute atomic E-state index is 9.22. The third-order valence-electron chi connectivity index (χ3n) is 2.66. The average molecular weight is 186 g/mol. The molecule has 1 N–H and O–H groups in total. The zero-order valence-electron chi connectivity index (χ0n) is 9.03. The molecular formula is C10H22N2O. The number of hydrogen-bond donors (Lipinski definition) is 1. The van der Waals surface area contributed by atoms with Crippen molar-refractivity contribution in [2.75, 3.05) is 32.7 Å². The molecule has 1 rings (SSSR count). The first-order chi connectivity index (χ1) is 6.09. The molecule has 0 unspecified atom stereocenters. The summed E-state index contributed by atoms with van der Waals surface area (Å²) in [6, 6.07) is 0.661. The smallest absolute Gasteiger partial charge is 0.0639 e. The normalized spacial score (nSPS) is 23.8. The highest BCUT2D eigenvalue weighted by Crippen LogP contribution is 2.05. The van der Waals surface area contributed by atoms with E-state index in [2.05, 4.69) is 23.6 Å². The molecule has 1 heterocycles. The summed E-state index contributed by atoms with van der Waals surface area (Å²) >= 11 is 0. The maximum Gasteiger partial charge on any atom is 0.0639 e. The predicted octanol–water partition coefficient (Wildman–Crippen LogP) is 0.393. The number of hydrogen-bond acceptors (Lipinski definition) is 3. The van der Waals surface area contributed by atoms with Gasteiger partial charge in [0.15, 0.2) is 0 Å². The highest BCUT2D eigenvalue weighted by Gasteiger charge is 2.18. The third-order valence-corrected chi connectivity index (χ3v) is 2.66. The summed E-state index contributed by atoms with van der Waals surface area (Å²) < 4.78 is 0. The summed E-state index contributed by atoms with van der Waals surface area (Å²) in [6.07, 6.45) is -0.189. The molecule has 0 aliphatic carbocycles. The molecule has 3 nitrogen and oxygen atoms in total. The molecule has 0 saturated carbocycles. The van der Waals surface area contributed by atoms with Crippen LogP contribution >= 0.6 is 0 Å². The highest BCUT2D eigenvalue weighted by atomic mass is 16.3. The number of aliphatic hydroxyl groups is 1. The van der Waals surface area contributed by atoms with Crippen molar-refractivity contribution in [3.63, 3.8) is 0 Å². The SMILES string of the molecule is CC(C)N1CCN(C[C@H](C)O)CC1. The van der Waals surface area contributed by atoms with Gasteiger partial charge in [-0.15, -0.1) is 0 Å². The molecule has 0 amide bonds. The fraction of sp³-hybridized carbons (Fsp3) is 1.00. The second kappa shape index (κ2) is 4.94. The van der Waals surface area contributed by atoms with Crippen LogP contribution in [0.25, 0.3) is 0 Å². The third kappa shape index (κ3) is 3.63. The molecular weight excluding hydrogens is 164 g/mol. The zero-order valence-corrected chi connectivity index (χ0v) is 9.03. The monoisotopic (exact) mass is 186 g/mol. The summed E-state index contributed by atoms with van der Waals surface area (Å²) in [5.41, 5.74) is 0. The highest BCUT2D eigenvalue weighted by molar-refractivity contribution is 4.74. The van der Waals surface area contributed by atoms with Gasteiger partial charge in [-0.3, -0.25) is 9.80 Å². The average Bonchev–Trinajstić information content (AvgIpc) is 2.04. The van der Waals surface area contributed by atoms with Crippen LogP contribution in [-0.2, 0) is 0 Å². The van der Waals surface area contributed by atoms with E-state index in [9.17, 15) is 5.11 Å². The van der Waals surface area contributed by atoms with Crippen molar-refractivity contribution in [3.8, 4) is 0 Å². The Morgan fingerprint density at radius 2 is 1.62 bits per heavy atom. The molecule has 1 fully saturated rings. The van der Waals surface area contributed by atoms with Gasteiger partial charge < -0.3 is 5.11 Å². The second-order valence-corrected chi connectivity index (χ2v) is 4.28. The fourth-order valence-corrected chi connectivity index (χ4v) is 1.84. The van der Waals surface area contributed by atoms with E-state index in [4.69, 9.17) is 0 Å². The number of β-amino-alcohol motifs (C(OH)–C–C–N with tert-alkyl or cyclic N) is 1. The van der Waals surface area contributed by atoms with Crippen molar-refractivity contribution >= 4 is 0 Å². The lowest BCUT2D eigenvalue weighted by molar-refractivity contribution is 0.0690. The number of rotatable bonds is 3. The zero-order chi connectivity index (χ0) is 9.84. The van der Waals surface area contributed by atoms with Gasteiger partial charge in [-0.2, -0.15) is 0 Å². The van der Waals surface area contributed by atoms with Crippen LogP contribution in [0.5, 0.6) is 0 Å². The first-order valence-electron chi connectivity index (χ1n) is 5.24. The standard InChI is InChI=1S/C10H22N2O/c1-9(2)12-6-4-11(5-7-12)8-10(3)13/h9-10,13H,4-8H2,1-3H3/t10-/m0/s1. The molecule has 0 aromatic rings. The van der Waals surface area contributed by atoms with Crippen molar-refractivity contribution in [2.45, 2.75) is 32.9 Å². The molecule has 3 heteroatoms. The Bertz CT molecular complexity index is 140. The molecule has 0 aromatic carbocycles. The Morgan fingerprint density at radius 1 is 1.08 bits per heavy atom. The fourth-order valence-electron chi connectivity index (χ4n) is 1.84. The Labute approximate surface area is 81.3 Å². The molecule has 0 bridgehead atoms. The van der Waals surface area contributed by atoms with Crippen LogP contribution in [0.3, 0.4) is 0 Å². The van der Waals surface area contributed by atoms with Gasteiger partial charge in [0.1, 0.15) is 0 Å². The molecule has 1 aliphatic heterocycles. The van der Waals surface area contributed by atoms with Crippen LogP contribution in [0.4, 0.5) is 0 Å². The lowest BCUT2D eigenvalue weighted by Crippen LogP contribution is -2.50. The van der Waals surface area contributed by atoms with E-state index in [1.807, 2.05) is 6.92 Å². The van der Waals surface area contributed by atoms with E-state index in [1.54, 1.807) is 0 Å². The Kier molecular flexibility index (Phi) is 4.16. The molecule has 1 aliphatic rings. The van der Waals surface area contributed by atoms with Crippen molar-refractivity contribution < 1.29 is 5.11 Å². The van der Waals surface area contributed by atoms with E-state index in [0.29, 0.717) is 6.04 Å². The minimum atomic E-state index is -0.189.